The summed E-state index contributed by atoms with van der Waals surface area (Å²) in [7, 11) is 1.17. The molecule has 0 fully saturated rings. The number of nitro groups is 1. The van der Waals surface area contributed by atoms with E-state index in [4.69, 9.17) is 10.5 Å². The topological polar surface area (TPSA) is 159 Å². The molecule has 0 radical (unpaired) electrons. The molecule has 3 N–H and O–H groups in total. The van der Waals surface area contributed by atoms with Gasteiger partial charge in [0.15, 0.2) is 0 Å². The Kier molecular flexibility index (Phi) is 5.59. The molecule has 27 heavy (non-hydrogen) atoms. The molecular formula is C15H17N5O6S. The Bertz CT molecular complexity index is 947. The van der Waals surface area contributed by atoms with Gasteiger partial charge in [0.05, 0.1) is 22.5 Å². The minimum atomic E-state index is -0.913. The van der Waals surface area contributed by atoms with E-state index in [0.29, 0.717) is 5.56 Å². The Morgan fingerprint density at radius 1 is 1.41 bits per heavy atom. The Labute approximate surface area is 157 Å². The highest BCUT2D eigenvalue weighted by atomic mass is 32.1. The lowest BCUT2D eigenvalue weighted by Crippen LogP contribution is -2.25. The first-order valence-electron chi connectivity index (χ1n) is 7.61. The van der Waals surface area contributed by atoms with Crippen LogP contribution in [-0.4, -0.2) is 39.6 Å². The lowest BCUT2D eigenvalue weighted by Gasteiger charge is -2.14. The third-order valence-electron chi connectivity index (χ3n) is 3.96. The summed E-state index contributed by atoms with van der Waals surface area (Å²) < 4.78 is 5.89. The fourth-order valence-corrected chi connectivity index (χ4v) is 3.55. The second kappa shape index (κ2) is 7.53. The van der Waals surface area contributed by atoms with Gasteiger partial charge in [0.2, 0.25) is 5.91 Å². The molecule has 0 bridgehead atoms. The molecule has 1 unspecified atom stereocenters. The number of methoxy groups -OCH3 is 1. The minimum Gasteiger partial charge on any atom is -0.465 e. The first-order chi connectivity index (χ1) is 12.6. The van der Waals surface area contributed by atoms with Crippen molar-refractivity contribution in [2.45, 2.75) is 26.8 Å². The molecule has 0 spiro atoms. The van der Waals surface area contributed by atoms with E-state index < -0.39 is 28.7 Å². The van der Waals surface area contributed by atoms with Crippen LogP contribution in [0.15, 0.2) is 6.20 Å². The second-order valence-corrected chi connectivity index (χ2v) is 6.62. The number of primary amides is 1. The number of nitrogens with one attached hydrogen (secondary N) is 1. The van der Waals surface area contributed by atoms with Crippen LogP contribution in [0, 0.1) is 24.0 Å². The number of esters is 1. The summed E-state index contributed by atoms with van der Waals surface area (Å²) in [6.07, 6.45) is 1.06. The van der Waals surface area contributed by atoms with Gasteiger partial charge in [0.1, 0.15) is 22.9 Å². The molecule has 144 valence electrons. The number of hydrogen-bond acceptors (Lipinski definition) is 8. The van der Waals surface area contributed by atoms with Crippen LogP contribution in [0.1, 0.15) is 44.3 Å². The van der Waals surface area contributed by atoms with E-state index in [-0.39, 0.29) is 26.8 Å². The number of nitrogens with two attached hydrogens (primary N) is 1. The number of carbonyl (C=O) groups excluding carboxylic acids is 3. The zero-order chi connectivity index (χ0) is 20.5. The molecule has 2 rings (SSSR count). The number of rotatable bonds is 6. The van der Waals surface area contributed by atoms with Crippen LogP contribution >= 0.6 is 11.3 Å². The van der Waals surface area contributed by atoms with Crippen molar-refractivity contribution in [1.29, 1.82) is 0 Å². The van der Waals surface area contributed by atoms with Gasteiger partial charge in [-0.25, -0.2) is 4.79 Å². The van der Waals surface area contributed by atoms with Crippen molar-refractivity contribution in [2.24, 2.45) is 5.73 Å². The smallest absolute Gasteiger partial charge is 0.341 e. The van der Waals surface area contributed by atoms with Gasteiger partial charge >= 0.3 is 11.7 Å². The van der Waals surface area contributed by atoms with E-state index in [1.54, 1.807) is 0 Å². The number of thiophene rings is 1. The third kappa shape index (κ3) is 3.65. The molecule has 0 saturated carbocycles. The van der Waals surface area contributed by atoms with Crippen molar-refractivity contribution in [3.05, 3.63) is 38.0 Å². The van der Waals surface area contributed by atoms with Crippen LogP contribution in [0.3, 0.4) is 0 Å². The summed E-state index contributed by atoms with van der Waals surface area (Å²) in [4.78, 5) is 46.6. The Balaban J connectivity index is 2.37. The lowest BCUT2D eigenvalue weighted by atomic mass is 10.1. The summed E-state index contributed by atoms with van der Waals surface area (Å²) in [5.74, 6) is -2.06. The van der Waals surface area contributed by atoms with Crippen molar-refractivity contribution in [3.63, 3.8) is 0 Å². The van der Waals surface area contributed by atoms with Crippen molar-refractivity contribution in [3.8, 4) is 0 Å². The number of anilines is 1. The molecule has 2 aromatic rings. The molecule has 12 heteroatoms. The minimum absolute atomic E-state index is 0.0278. The number of hydrogen-bond donors (Lipinski definition) is 2. The van der Waals surface area contributed by atoms with Crippen molar-refractivity contribution in [1.82, 2.24) is 9.78 Å². The standard InChI is InChI=1S/C15H17N5O6S/c1-6-10(15(23)26-4)14(27-11(6)12(16)21)18-13(22)8(3)19-7(2)9(5-17-19)20(24)25/h5,8H,1-4H3,(H2,16,21)(H,18,22). The molecule has 0 aromatic carbocycles. The van der Waals surface area contributed by atoms with Gasteiger partial charge in [0.25, 0.3) is 5.91 Å². The maximum Gasteiger partial charge on any atom is 0.341 e. The van der Waals surface area contributed by atoms with Crippen LogP contribution in [0.4, 0.5) is 10.7 Å². The highest BCUT2D eigenvalue weighted by molar-refractivity contribution is 7.18. The van der Waals surface area contributed by atoms with E-state index in [9.17, 15) is 24.5 Å². The Morgan fingerprint density at radius 2 is 2.04 bits per heavy atom. The maximum atomic E-state index is 12.6. The van der Waals surface area contributed by atoms with Crippen LogP contribution in [0.5, 0.6) is 0 Å². The Hall–Kier alpha value is -3.28. The van der Waals surface area contributed by atoms with Crippen LogP contribution in [0.2, 0.25) is 0 Å². The van der Waals surface area contributed by atoms with Crippen molar-refractivity contribution in [2.75, 3.05) is 12.4 Å². The largest absolute Gasteiger partial charge is 0.465 e. The fraction of sp³-hybridized carbons (Fsp3) is 0.333. The molecule has 2 amide bonds. The van der Waals surface area contributed by atoms with E-state index in [2.05, 4.69) is 10.4 Å². The Morgan fingerprint density at radius 3 is 2.52 bits per heavy atom. The van der Waals surface area contributed by atoms with Crippen LogP contribution in [-0.2, 0) is 9.53 Å². The maximum absolute atomic E-state index is 12.6. The van der Waals surface area contributed by atoms with Crippen LogP contribution in [0.25, 0.3) is 0 Å². The summed E-state index contributed by atoms with van der Waals surface area (Å²) in [6, 6.07) is -0.913. The van der Waals surface area contributed by atoms with Crippen molar-refractivity contribution >= 4 is 39.8 Å². The number of ether oxygens (including phenoxy) is 1. The van der Waals surface area contributed by atoms with Gasteiger partial charge in [-0.2, -0.15) is 5.10 Å². The van der Waals surface area contributed by atoms with Gasteiger partial charge in [0, 0.05) is 0 Å². The van der Waals surface area contributed by atoms with E-state index in [0.717, 1.165) is 17.5 Å². The van der Waals surface area contributed by atoms with Gasteiger partial charge in [-0.15, -0.1) is 11.3 Å². The van der Waals surface area contributed by atoms with Gasteiger partial charge in [-0.3, -0.25) is 24.4 Å². The number of carbonyl (C=O) groups is 3. The van der Waals surface area contributed by atoms with Crippen molar-refractivity contribution < 1.29 is 24.0 Å². The average Bonchev–Trinajstić information content (AvgIpc) is 3.14. The van der Waals surface area contributed by atoms with E-state index in [1.807, 2.05) is 0 Å². The second-order valence-electron chi connectivity index (χ2n) is 5.60. The number of amides is 2. The molecule has 2 heterocycles. The molecule has 0 saturated heterocycles. The zero-order valence-electron chi connectivity index (χ0n) is 14.9. The highest BCUT2D eigenvalue weighted by Crippen LogP contribution is 2.34. The molecule has 2 aromatic heterocycles. The summed E-state index contributed by atoms with van der Waals surface area (Å²) in [5.41, 5.74) is 5.62. The predicted molar refractivity (Wildman–Crippen MR) is 95.9 cm³/mol. The van der Waals surface area contributed by atoms with Gasteiger partial charge in [-0.05, 0) is 26.3 Å². The number of aromatic nitrogens is 2. The molecular weight excluding hydrogens is 378 g/mol. The summed E-state index contributed by atoms with van der Waals surface area (Å²) in [6.45, 7) is 4.48. The first kappa shape index (κ1) is 20.0. The third-order valence-corrected chi connectivity index (χ3v) is 5.18. The van der Waals surface area contributed by atoms with Gasteiger partial charge in [-0.1, -0.05) is 0 Å². The van der Waals surface area contributed by atoms with E-state index >= 15 is 0 Å². The van der Waals surface area contributed by atoms with Crippen LogP contribution < -0.4 is 11.1 Å². The lowest BCUT2D eigenvalue weighted by molar-refractivity contribution is -0.385. The summed E-state index contributed by atoms with van der Waals surface area (Å²) >= 11 is 0.848. The quantitative estimate of drug-likeness (QED) is 0.426. The zero-order valence-corrected chi connectivity index (χ0v) is 15.7. The fourth-order valence-electron chi connectivity index (χ4n) is 2.50. The molecule has 11 nitrogen and oxygen atoms in total. The monoisotopic (exact) mass is 395 g/mol. The normalized spacial score (nSPS) is 11.7. The molecule has 0 aliphatic carbocycles. The average molecular weight is 395 g/mol. The highest BCUT2D eigenvalue weighted by Gasteiger charge is 2.28. The van der Waals surface area contributed by atoms with Gasteiger partial charge < -0.3 is 15.8 Å². The SMILES string of the molecule is COC(=O)c1c(NC(=O)C(C)n2ncc([N+](=O)[O-])c2C)sc(C(N)=O)c1C. The first-order valence-corrected chi connectivity index (χ1v) is 8.42. The predicted octanol–water partition coefficient (Wildman–Crippen LogP) is 1.55. The molecule has 0 aliphatic rings. The summed E-state index contributed by atoms with van der Waals surface area (Å²) in [5, 5.41) is 17.5. The molecule has 1 atom stereocenters. The van der Waals surface area contributed by atoms with E-state index in [1.165, 1.54) is 32.6 Å². The molecule has 0 aliphatic heterocycles. The number of nitrogens with zero attached hydrogens (tertiary/aromatic N) is 3.